The van der Waals surface area contributed by atoms with Gasteiger partial charge in [-0.2, -0.15) is 0 Å². The highest BCUT2D eigenvalue weighted by molar-refractivity contribution is 5.91. The van der Waals surface area contributed by atoms with E-state index in [2.05, 4.69) is 17.6 Å². The molecule has 7 nitrogen and oxygen atoms in total. The van der Waals surface area contributed by atoms with E-state index in [-0.39, 0.29) is 24.4 Å². The fourth-order valence-corrected chi connectivity index (χ4v) is 3.91. The number of hydrogen-bond acceptors (Lipinski definition) is 4. The molecule has 2 heterocycles. The van der Waals surface area contributed by atoms with Crippen molar-refractivity contribution in [3.05, 3.63) is 59.9 Å². The van der Waals surface area contributed by atoms with E-state index >= 15 is 0 Å². The molecular weight excluding hydrogens is 392 g/mol. The molecule has 31 heavy (non-hydrogen) atoms. The Bertz CT molecular complexity index is 1070. The first kappa shape index (κ1) is 21.1. The topological polar surface area (TPSA) is 85.2 Å². The minimum Gasteiger partial charge on any atom is -0.368 e. The van der Waals surface area contributed by atoms with Crippen molar-refractivity contribution < 1.29 is 14.3 Å². The van der Waals surface area contributed by atoms with Crippen LogP contribution in [0, 0.1) is 0 Å². The molecule has 0 aliphatic carbocycles. The van der Waals surface area contributed by atoms with Gasteiger partial charge in [0.15, 0.2) is 0 Å². The Morgan fingerprint density at radius 1 is 1.19 bits per heavy atom. The van der Waals surface area contributed by atoms with Crippen molar-refractivity contribution in [2.24, 2.45) is 0 Å². The van der Waals surface area contributed by atoms with Gasteiger partial charge >= 0.3 is 0 Å². The molecule has 3 aromatic rings. The number of amides is 2. The molecule has 1 saturated heterocycles. The lowest BCUT2D eigenvalue weighted by molar-refractivity contribution is -0.130. The van der Waals surface area contributed by atoms with Crippen LogP contribution in [0.25, 0.3) is 11.0 Å². The van der Waals surface area contributed by atoms with Crippen LogP contribution in [-0.4, -0.2) is 34.1 Å². The summed E-state index contributed by atoms with van der Waals surface area (Å²) in [6.45, 7) is 4.69. The van der Waals surface area contributed by atoms with Crippen molar-refractivity contribution in [2.75, 3.05) is 11.9 Å². The standard InChI is InChI=1S/C24H28N4O3/c1-3-17-10-12-18(13-11-17)26-22(29)15-28-20-8-5-4-7-19(20)27-23(28)16(2)25-24(30)21-9-6-14-31-21/h4-5,7-8,10-13,16,21H,3,6,9,14-15H2,1-2H3,(H,25,30)(H,26,29). The van der Waals surface area contributed by atoms with Crippen molar-refractivity contribution in [1.82, 2.24) is 14.9 Å². The Kier molecular flexibility index (Phi) is 6.32. The van der Waals surface area contributed by atoms with E-state index in [1.807, 2.05) is 60.0 Å². The van der Waals surface area contributed by atoms with E-state index in [0.29, 0.717) is 12.4 Å². The summed E-state index contributed by atoms with van der Waals surface area (Å²) in [5, 5.41) is 5.95. The predicted molar refractivity (Wildman–Crippen MR) is 120 cm³/mol. The third-order valence-electron chi connectivity index (χ3n) is 5.60. The van der Waals surface area contributed by atoms with E-state index in [1.54, 1.807) is 0 Å². The molecule has 7 heteroatoms. The molecule has 1 fully saturated rings. The molecule has 2 aromatic carbocycles. The number of carbonyl (C=O) groups is 2. The first-order valence-electron chi connectivity index (χ1n) is 10.8. The highest BCUT2D eigenvalue weighted by atomic mass is 16.5. The summed E-state index contributed by atoms with van der Waals surface area (Å²) in [7, 11) is 0. The third-order valence-corrected chi connectivity index (χ3v) is 5.60. The molecule has 2 atom stereocenters. The number of anilines is 1. The van der Waals surface area contributed by atoms with E-state index in [1.165, 1.54) is 5.56 Å². The fraction of sp³-hybridized carbons (Fsp3) is 0.375. The van der Waals surface area contributed by atoms with Crippen LogP contribution in [0.3, 0.4) is 0 Å². The van der Waals surface area contributed by atoms with Crippen molar-refractivity contribution in [1.29, 1.82) is 0 Å². The van der Waals surface area contributed by atoms with Gasteiger partial charge in [0.1, 0.15) is 18.5 Å². The van der Waals surface area contributed by atoms with Crippen molar-refractivity contribution in [3.8, 4) is 0 Å². The van der Waals surface area contributed by atoms with Crippen LogP contribution in [0.15, 0.2) is 48.5 Å². The highest BCUT2D eigenvalue weighted by Gasteiger charge is 2.27. The molecule has 1 aliphatic rings. The van der Waals surface area contributed by atoms with Crippen molar-refractivity contribution in [2.45, 2.75) is 51.8 Å². The summed E-state index contributed by atoms with van der Waals surface area (Å²) in [6.07, 6.45) is 2.17. The summed E-state index contributed by atoms with van der Waals surface area (Å²) in [4.78, 5) is 30.0. The molecule has 0 spiro atoms. The third kappa shape index (κ3) is 4.77. The molecular formula is C24H28N4O3. The molecule has 4 rings (SSSR count). The Labute approximate surface area is 181 Å². The van der Waals surface area contributed by atoms with E-state index in [9.17, 15) is 9.59 Å². The minimum atomic E-state index is -0.408. The number of carbonyl (C=O) groups excluding carboxylic acids is 2. The lowest BCUT2D eigenvalue weighted by atomic mass is 10.1. The monoisotopic (exact) mass is 420 g/mol. The quantitative estimate of drug-likeness (QED) is 0.612. The van der Waals surface area contributed by atoms with Crippen molar-refractivity contribution in [3.63, 3.8) is 0 Å². The molecule has 0 saturated carbocycles. The number of nitrogens with one attached hydrogen (secondary N) is 2. The number of rotatable bonds is 7. The van der Waals surface area contributed by atoms with Gasteiger partial charge in [-0.1, -0.05) is 31.2 Å². The molecule has 2 unspecified atom stereocenters. The smallest absolute Gasteiger partial charge is 0.249 e. The zero-order chi connectivity index (χ0) is 21.8. The van der Waals surface area contributed by atoms with Gasteiger partial charge in [0.2, 0.25) is 11.8 Å². The van der Waals surface area contributed by atoms with E-state index in [0.717, 1.165) is 36.0 Å². The number of ether oxygens (including phenoxy) is 1. The van der Waals surface area contributed by atoms with Crippen LogP contribution in [0.1, 0.15) is 44.1 Å². The SMILES string of the molecule is CCc1ccc(NC(=O)Cn2c(C(C)NC(=O)C3CCCO3)nc3ccccc32)cc1. The molecule has 1 aliphatic heterocycles. The zero-order valence-electron chi connectivity index (χ0n) is 17.9. The van der Waals surface area contributed by atoms with E-state index in [4.69, 9.17) is 9.72 Å². The predicted octanol–water partition coefficient (Wildman–Crippen LogP) is 3.59. The minimum absolute atomic E-state index is 0.103. The van der Waals surface area contributed by atoms with Gasteiger partial charge in [-0.25, -0.2) is 4.98 Å². The van der Waals surface area contributed by atoms with Gasteiger partial charge in [-0.15, -0.1) is 0 Å². The first-order valence-corrected chi connectivity index (χ1v) is 10.8. The zero-order valence-corrected chi connectivity index (χ0v) is 17.9. The summed E-state index contributed by atoms with van der Waals surface area (Å²) in [5.41, 5.74) is 3.62. The number of nitrogens with zero attached hydrogens (tertiary/aromatic N) is 2. The second-order valence-corrected chi connectivity index (χ2v) is 7.88. The van der Waals surface area contributed by atoms with Gasteiger partial charge in [-0.3, -0.25) is 9.59 Å². The Balaban J connectivity index is 1.54. The number of para-hydroxylation sites is 2. The molecule has 2 amide bonds. The lowest BCUT2D eigenvalue weighted by Crippen LogP contribution is -2.37. The largest absolute Gasteiger partial charge is 0.368 e. The van der Waals surface area contributed by atoms with Crippen LogP contribution in [0.2, 0.25) is 0 Å². The summed E-state index contributed by atoms with van der Waals surface area (Å²) in [6, 6.07) is 15.2. The summed E-state index contributed by atoms with van der Waals surface area (Å²) < 4.78 is 7.35. The number of aryl methyl sites for hydroxylation is 1. The number of imidazole rings is 1. The number of fused-ring (bicyclic) bond motifs is 1. The van der Waals surface area contributed by atoms with Gasteiger partial charge < -0.3 is 19.9 Å². The average Bonchev–Trinajstić information content (AvgIpc) is 3.43. The van der Waals surface area contributed by atoms with Gasteiger partial charge in [0.05, 0.1) is 17.1 Å². The fourth-order valence-electron chi connectivity index (χ4n) is 3.91. The van der Waals surface area contributed by atoms with Gasteiger partial charge in [0.25, 0.3) is 0 Å². The highest BCUT2D eigenvalue weighted by Crippen LogP contribution is 2.22. The van der Waals surface area contributed by atoms with Gasteiger partial charge in [-0.05, 0) is 56.0 Å². The first-order chi connectivity index (χ1) is 15.0. The normalized spacial score (nSPS) is 16.9. The van der Waals surface area contributed by atoms with Crippen molar-refractivity contribution >= 4 is 28.5 Å². The molecule has 0 bridgehead atoms. The Hall–Kier alpha value is -3.19. The second kappa shape index (κ2) is 9.31. The maximum absolute atomic E-state index is 12.8. The van der Waals surface area contributed by atoms with Crippen LogP contribution < -0.4 is 10.6 Å². The molecule has 1 aromatic heterocycles. The van der Waals surface area contributed by atoms with Crippen LogP contribution in [-0.2, 0) is 27.3 Å². The summed E-state index contributed by atoms with van der Waals surface area (Å²) in [5.74, 6) is 0.361. The Morgan fingerprint density at radius 3 is 2.68 bits per heavy atom. The number of hydrogen-bond donors (Lipinski definition) is 2. The molecule has 162 valence electrons. The molecule has 0 radical (unpaired) electrons. The number of benzene rings is 2. The lowest BCUT2D eigenvalue weighted by Gasteiger charge is -2.18. The maximum Gasteiger partial charge on any atom is 0.249 e. The van der Waals surface area contributed by atoms with E-state index < -0.39 is 6.10 Å². The van der Waals surface area contributed by atoms with Crippen LogP contribution in [0.4, 0.5) is 5.69 Å². The van der Waals surface area contributed by atoms with Crippen LogP contribution in [0.5, 0.6) is 0 Å². The van der Waals surface area contributed by atoms with Crippen LogP contribution >= 0.6 is 0 Å². The average molecular weight is 421 g/mol. The van der Waals surface area contributed by atoms with Gasteiger partial charge in [0, 0.05) is 12.3 Å². The maximum atomic E-state index is 12.8. The second-order valence-electron chi connectivity index (χ2n) is 7.88. The number of aromatic nitrogens is 2. The summed E-state index contributed by atoms with van der Waals surface area (Å²) >= 11 is 0. The molecule has 2 N–H and O–H groups in total. The Morgan fingerprint density at radius 2 is 1.97 bits per heavy atom.